The van der Waals surface area contributed by atoms with E-state index in [4.69, 9.17) is 0 Å². The monoisotopic (exact) mass is 218 g/mol. The molecule has 0 atom stereocenters. The average molecular weight is 218 g/mol. The van der Waals surface area contributed by atoms with E-state index in [1.54, 1.807) is 6.20 Å². The molecule has 0 saturated heterocycles. The first kappa shape index (κ1) is 9.87. The summed E-state index contributed by atoms with van der Waals surface area (Å²) in [6.07, 6.45) is 7.46. The van der Waals surface area contributed by atoms with Crippen molar-refractivity contribution in [2.45, 2.75) is 25.7 Å². The molecule has 1 aromatic rings. The third-order valence-electron chi connectivity index (χ3n) is 3.84. The van der Waals surface area contributed by atoms with Gasteiger partial charge < -0.3 is 10.6 Å². The van der Waals surface area contributed by atoms with Gasteiger partial charge in [-0.1, -0.05) is 0 Å². The van der Waals surface area contributed by atoms with E-state index in [2.05, 4.69) is 20.6 Å². The summed E-state index contributed by atoms with van der Waals surface area (Å²) >= 11 is 0. The summed E-state index contributed by atoms with van der Waals surface area (Å²) in [7, 11) is 1.84. The van der Waals surface area contributed by atoms with E-state index in [0.717, 1.165) is 18.3 Å². The molecule has 16 heavy (non-hydrogen) atoms. The lowest BCUT2D eigenvalue weighted by Gasteiger charge is -2.15. The Balaban J connectivity index is 1.61. The molecule has 0 radical (unpaired) electrons. The average Bonchev–Trinajstić information content (AvgIpc) is 3.17. The number of anilines is 2. The highest BCUT2D eigenvalue weighted by atomic mass is 15.1. The molecule has 2 fully saturated rings. The van der Waals surface area contributed by atoms with Crippen LogP contribution in [0.15, 0.2) is 12.3 Å². The third kappa shape index (κ3) is 1.84. The van der Waals surface area contributed by atoms with Crippen LogP contribution in [-0.4, -0.2) is 23.6 Å². The van der Waals surface area contributed by atoms with Crippen molar-refractivity contribution in [3.63, 3.8) is 0 Å². The SMILES string of the molecule is CNc1nccc(NCC2(C3CC3)CC2)n1. The van der Waals surface area contributed by atoms with Crippen LogP contribution in [0, 0.1) is 11.3 Å². The van der Waals surface area contributed by atoms with Crippen molar-refractivity contribution in [1.29, 1.82) is 0 Å². The van der Waals surface area contributed by atoms with Gasteiger partial charge in [-0.3, -0.25) is 0 Å². The second-order valence-corrected chi connectivity index (χ2v) is 5.01. The maximum Gasteiger partial charge on any atom is 0.224 e. The quantitative estimate of drug-likeness (QED) is 0.795. The number of hydrogen-bond donors (Lipinski definition) is 2. The van der Waals surface area contributed by atoms with Gasteiger partial charge in [0.2, 0.25) is 5.95 Å². The minimum Gasteiger partial charge on any atom is -0.369 e. The van der Waals surface area contributed by atoms with E-state index in [-0.39, 0.29) is 0 Å². The molecule has 0 aromatic carbocycles. The maximum absolute atomic E-state index is 4.37. The van der Waals surface area contributed by atoms with Gasteiger partial charge in [-0.05, 0) is 43.1 Å². The normalized spacial score (nSPS) is 21.6. The lowest BCUT2D eigenvalue weighted by Crippen LogP contribution is -2.18. The van der Waals surface area contributed by atoms with Crippen molar-refractivity contribution in [3.8, 4) is 0 Å². The van der Waals surface area contributed by atoms with Crippen molar-refractivity contribution in [2.75, 3.05) is 24.2 Å². The largest absolute Gasteiger partial charge is 0.369 e. The topological polar surface area (TPSA) is 49.8 Å². The Morgan fingerprint density at radius 3 is 2.88 bits per heavy atom. The molecular weight excluding hydrogens is 200 g/mol. The van der Waals surface area contributed by atoms with Crippen LogP contribution in [0.4, 0.5) is 11.8 Å². The molecule has 4 heteroatoms. The maximum atomic E-state index is 4.37. The summed E-state index contributed by atoms with van der Waals surface area (Å²) in [5, 5.41) is 6.41. The van der Waals surface area contributed by atoms with Crippen LogP contribution in [0.2, 0.25) is 0 Å². The van der Waals surface area contributed by atoms with E-state index in [9.17, 15) is 0 Å². The smallest absolute Gasteiger partial charge is 0.224 e. The number of aromatic nitrogens is 2. The van der Waals surface area contributed by atoms with Crippen LogP contribution in [-0.2, 0) is 0 Å². The highest BCUT2D eigenvalue weighted by Crippen LogP contribution is 2.61. The van der Waals surface area contributed by atoms with Crippen LogP contribution in [0.25, 0.3) is 0 Å². The molecule has 0 amide bonds. The third-order valence-corrected chi connectivity index (χ3v) is 3.84. The molecule has 2 saturated carbocycles. The molecule has 3 rings (SSSR count). The molecular formula is C12H18N4. The first-order valence-electron chi connectivity index (χ1n) is 6.07. The van der Waals surface area contributed by atoms with Crippen LogP contribution in [0.5, 0.6) is 0 Å². The van der Waals surface area contributed by atoms with E-state index >= 15 is 0 Å². The van der Waals surface area contributed by atoms with Crippen molar-refractivity contribution in [3.05, 3.63) is 12.3 Å². The molecule has 2 N–H and O–H groups in total. The Bertz CT molecular complexity index is 382. The summed E-state index contributed by atoms with van der Waals surface area (Å²) in [6.45, 7) is 1.08. The minimum atomic E-state index is 0.616. The second-order valence-electron chi connectivity index (χ2n) is 5.01. The van der Waals surface area contributed by atoms with Crippen molar-refractivity contribution >= 4 is 11.8 Å². The van der Waals surface area contributed by atoms with Gasteiger partial charge in [-0.15, -0.1) is 0 Å². The molecule has 2 aliphatic carbocycles. The van der Waals surface area contributed by atoms with E-state index in [1.165, 1.54) is 25.7 Å². The Hall–Kier alpha value is -1.32. The fourth-order valence-electron chi connectivity index (χ4n) is 2.43. The van der Waals surface area contributed by atoms with Gasteiger partial charge in [0.1, 0.15) is 5.82 Å². The Morgan fingerprint density at radius 2 is 2.25 bits per heavy atom. The van der Waals surface area contributed by atoms with Gasteiger partial charge in [0.15, 0.2) is 0 Å². The van der Waals surface area contributed by atoms with E-state index in [1.807, 2.05) is 13.1 Å². The summed E-state index contributed by atoms with van der Waals surface area (Å²) in [4.78, 5) is 8.47. The van der Waals surface area contributed by atoms with Crippen molar-refractivity contribution < 1.29 is 0 Å². The summed E-state index contributed by atoms with van der Waals surface area (Å²) in [5.41, 5.74) is 0.616. The zero-order chi connectivity index (χ0) is 11.0. The molecule has 1 heterocycles. The molecule has 1 aromatic heterocycles. The van der Waals surface area contributed by atoms with E-state index in [0.29, 0.717) is 11.4 Å². The van der Waals surface area contributed by atoms with Crippen molar-refractivity contribution in [2.24, 2.45) is 11.3 Å². The minimum absolute atomic E-state index is 0.616. The van der Waals surface area contributed by atoms with Crippen LogP contribution < -0.4 is 10.6 Å². The molecule has 2 aliphatic rings. The number of hydrogen-bond acceptors (Lipinski definition) is 4. The van der Waals surface area contributed by atoms with E-state index < -0.39 is 0 Å². The summed E-state index contributed by atoms with van der Waals surface area (Å²) < 4.78 is 0. The molecule has 0 aliphatic heterocycles. The zero-order valence-corrected chi connectivity index (χ0v) is 9.66. The molecule has 0 unspecified atom stereocenters. The van der Waals surface area contributed by atoms with Gasteiger partial charge in [0.05, 0.1) is 0 Å². The zero-order valence-electron chi connectivity index (χ0n) is 9.66. The first-order valence-corrected chi connectivity index (χ1v) is 6.07. The Labute approximate surface area is 95.9 Å². The van der Waals surface area contributed by atoms with Crippen LogP contribution in [0.1, 0.15) is 25.7 Å². The number of rotatable bonds is 5. The lowest BCUT2D eigenvalue weighted by molar-refractivity contribution is 0.466. The molecule has 0 bridgehead atoms. The molecule has 4 nitrogen and oxygen atoms in total. The standard InChI is InChI=1S/C12H18N4/c1-13-11-14-7-4-10(16-11)15-8-12(5-6-12)9-2-3-9/h4,7,9H,2-3,5-6,8H2,1H3,(H2,13,14,15,16). The van der Waals surface area contributed by atoms with Gasteiger partial charge >= 0.3 is 0 Å². The fraction of sp³-hybridized carbons (Fsp3) is 0.667. The Kier molecular flexibility index (Phi) is 2.23. The van der Waals surface area contributed by atoms with Gasteiger partial charge in [-0.25, -0.2) is 4.98 Å². The predicted octanol–water partition coefficient (Wildman–Crippen LogP) is 2.12. The second kappa shape index (κ2) is 3.61. The van der Waals surface area contributed by atoms with Gasteiger partial charge in [0.25, 0.3) is 0 Å². The number of nitrogens with one attached hydrogen (secondary N) is 2. The summed E-state index contributed by atoms with van der Waals surface area (Å²) in [6, 6.07) is 1.93. The summed E-state index contributed by atoms with van der Waals surface area (Å²) in [5.74, 6) is 2.61. The highest BCUT2D eigenvalue weighted by molar-refractivity contribution is 5.39. The molecule has 86 valence electrons. The van der Waals surface area contributed by atoms with Gasteiger partial charge in [-0.2, -0.15) is 4.98 Å². The predicted molar refractivity (Wildman–Crippen MR) is 64.5 cm³/mol. The fourth-order valence-corrected chi connectivity index (χ4v) is 2.43. The van der Waals surface area contributed by atoms with Crippen LogP contribution >= 0.6 is 0 Å². The first-order chi connectivity index (χ1) is 7.82. The lowest BCUT2D eigenvalue weighted by atomic mass is 10.0. The van der Waals surface area contributed by atoms with Gasteiger partial charge in [0, 0.05) is 19.8 Å². The number of nitrogens with zero attached hydrogens (tertiary/aromatic N) is 2. The highest BCUT2D eigenvalue weighted by Gasteiger charge is 2.53. The Morgan fingerprint density at radius 1 is 1.44 bits per heavy atom. The molecule has 0 spiro atoms. The van der Waals surface area contributed by atoms with Crippen LogP contribution in [0.3, 0.4) is 0 Å². The van der Waals surface area contributed by atoms with Crippen molar-refractivity contribution in [1.82, 2.24) is 9.97 Å².